The van der Waals surface area contributed by atoms with Crippen molar-refractivity contribution >= 4 is 28.1 Å². The third-order valence-electron chi connectivity index (χ3n) is 3.32. The lowest BCUT2D eigenvalue weighted by atomic mass is 10.1. The number of hydrogen-bond donors (Lipinski definition) is 0. The van der Waals surface area contributed by atoms with E-state index >= 15 is 0 Å². The molecule has 1 aromatic carbocycles. The number of aryl methyl sites for hydroxylation is 1. The van der Waals surface area contributed by atoms with Gasteiger partial charge in [0.1, 0.15) is 5.15 Å². The third kappa shape index (κ3) is 2.84. The SMILES string of the molecule is CCCN(CCC)c1c(C)nc(Cl)c2ccccc12. The molecule has 0 saturated heterocycles. The lowest BCUT2D eigenvalue weighted by Gasteiger charge is -2.27. The summed E-state index contributed by atoms with van der Waals surface area (Å²) in [5.41, 5.74) is 2.26. The topological polar surface area (TPSA) is 16.1 Å². The first kappa shape index (κ1) is 14.1. The zero-order chi connectivity index (χ0) is 13.8. The summed E-state index contributed by atoms with van der Waals surface area (Å²) in [6.07, 6.45) is 2.27. The Kier molecular flexibility index (Phi) is 4.65. The zero-order valence-corrected chi connectivity index (χ0v) is 12.7. The third-order valence-corrected chi connectivity index (χ3v) is 3.60. The standard InChI is InChI=1S/C16H21ClN2/c1-4-10-19(11-5-2)15-12(3)18-16(17)14-9-7-6-8-13(14)15/h6-9H,4-5,10-11H2,1-3H3. The van der Waals surface area contributed by atoms with Crippen molar-refractivity contribution in [1.29, 1.82) is 0 Å². The van der Waals surface area contributed by atoms with Gasteiger partial charge in [-0.25, -0.2) is 4.98 Å². The number of pyridine rings is 1. The number of aromatic nitrogens is 1. The van der Waals surface area contributed by atoms with Crippen LogP contribution in [0.4, 0.5) is 5.69 Å². The van der Waals surface area contributed by atoms with Crippen LogP contribution in [0.5, 0.6) is 0 Å². The van der Waals surface area contributed by atoms with Gasteiger partial charge < -0.3 is 4.90 Å². The van der Waals surface area contributed by atoms with Gasteiger partial charge in [-0.2, -0.15) is 0 Å². The average Bonchev–Trinajstić information content (AvgIpc) is 2.39. The number of nitrogens with zero attached hydrogens (tertiary/aromatic N) is 2. The number of hydrogen-bond acceptors (Lipinski definition) is 2. The summed E-state index contributed by atoms with van der Waals surface area (Å²) in [6.45, 7) is 8.59. The Bertz CT molecular complexity index is 560. The molecule has 0 aliphatic rings. The van der Waals surface area contributed by atoms with E-state index in [0.717, 1.165) is 37.0 Å². The number of anilines is 1. The largest absolute Gasteiger partial charge is 0.370 e. The van der Waals surface area contributed by atoms with E-state index in [4.69, 9.17) is 11.6 Å². The molecule has 3 heteroatoms. The van der Waals surface area contributed by atoms with Gasteiger partial charge in [-0.15, -0.1) is 0 Å². The molecule has 2 nitrogen and oxygen atoms in total. The molecule has 0 aliphatic heterocycles. The van der Waals surface area contributed by atoms with E-state index < -0.39 is 0 Å². The lowest BCUT2D eigenvalue weighted by Crippen LogP contribution is -2.26. The second kappa shape index (κ2) is 6.25. The van der Waals surface area contributed by atoms with Crippen molar-refractivity contribution in [3.05, 3.63) is 35.1 Å². The van der Waals surface area contributed by atoms with Crippen molar-refractivity contribution in [2.45, 2.75) is 33.6 Å². The molecule has 0 fully saturated rings. The molecule has 0 atom stereocenters. The van der Waals surface area contributed by atoms with Crippen molar-refractivity contribution in [3.63, 3.8) is 0 Å². The van der Waals surface area contributed by atoms with Gasteiger partial charge in [0.15, 0.2) is 0 Å². The minimum absolute atomic E-state index is 0.602. The van der Waals surface area contributed by atoms with Crippen molar-refractivity contribution in [2.75, 3.05) is 18.0 Å². The van der Waals surface area contributed by atoms with Crippen LogP contribution < -0.4 is 4.90 Å². The van der Waals surface area contributed by atoms with Gasteiger partial charge in [-0.05, 0) is 19.8 Å². The molecule has 1 heterocycles. The van der Waals surface area contributed by atoms with Crippen LogP contribution in [0.1, 0.15) is 32.4 Å². The molecule has 1 aromatic heterocycles. The highest BCUT2D eigenvalue weighted by molar-refractivity contribution is 6.34. The van der Waals surface area contributed by atoms with Crippen molar-refractivity contribution in [1.82, 2.24) is 4.98 Å². The zero-order valence-electron chi connectivity index (χ0n) is 11.9. The second-order valence-electron chi connectivity index (χ2n) is 4.87. The minimum atomic E-state index is 0.602. The summed E-state index contributed by atoms with van der Waals surface area (Å²) in [5, 5.41) is 2.86. The van der Waals surface area contributed by atoms with E-state index in [9.17, 15) is 0 Å². The molecular formula is C16H21ClN2. The lowest BCUT2D eigenvalue weighted by molar-refractivity contribution is 0.743. The van der Waals surface area contributed by atoms with Gasteiger partial charge in [-0.1, -0.05) is 49.7 Å². The first-order valence-corrected chi connectivity index (χ1v) is 7.36. The summed E-state index contributed by atoms with van der Waals surface area (Å²) in [7, 11) is 0. The molecular weight excluding hydrogens is 256 g/mol. The normalized spacial score (nSPS) is 10.9. The summed E-state index contributed by atoms with van der Waals surface area (Å²) >= 11 is 6.26. The maximum atomic E-state index is 6.26. The van der Waals surface area contributed by atoms with Crippen LogP contribution in [-0.2, 0) is 0 Å². The first-order chi connectivity index (χ1) is 9.19. The Morgan fingerprint density at radius 2 is 1.63 bits per heavy atom. The van der Waals surface area contributed by atoms with Gasteiger partial charge in [0.25, 0.3) is 0 Å². The van der Waals surface area contributed by atoms with Gasteiger partial charge in [0, 0.05) is 23.9 Å². The smallest absolute Gasteiger partial charge is 0.137 e. The van der Waals surface area contributed by atoms with Crippen LogP contribution in [0.3, 0.4) is 0 Å². The molecule has 0 amide bonds. The predicted molar refractivity (Wildman–Crippen MR) is 84.3 cm³/mol. The summed E-state index contributed by atoms with van der Waals surface area (Å²) < 4.78 is 0. The Balaban J connectivity index is 2.63. The highest BCUT2D eigenvalue weighted by Crippen LogP contribution is 2.33. The van der Waals surface area contributed by atoms with Crippen molar-refractivity contribution in [2.24, 2.45) is 0 Å². The molecule has 0 saturated carbocycles. The first-order valence-electron chi connectivity index (χ1n) is 6.98. The van der Waals surface area contributed by atoms with Crippen molar-refractivity contribution < 1.29 is 0 Å². The molecule has 0 radical (unpaired) electrons. The van der Waals surface area contributed by atoms with Gasteiger partial charge in [0.05, 0.1) is 11.4 Å². The fraction of sp³-hybridized carbons (Fsp3) is 0.438. The molecule has 0 spiro atoms. The summed E-state index contributed by atoms with van der Waals surface area (Å²) in [6, 6.07) is 8.27. The molecule has 0 aliphatic carbocycles. The van der Waals surface area contributed by atoms with Crippen LogP contribution in [0, 0.1) is 6.92 Å². The monoisotopic (exact) mass is 276 g/mol. The summed E-state index contributed by atoms with van der Waals surface area (Å²) in [4.78, 5) is 6.94. The fourth-order valence-electron chi connectivity index (χ4n) is 2.60. The van der Waals surface area contributed by atoms with Crippen LogP contribution in [0.25, 0.3) is 10.8 Å². The van der Waals surface area contributed by atoms with Gasteiger partial charge in [-0.3, -0.25) is 0 Å². The number of halogens is 1. The van der Waals surface area contributed by atoms with E-state index in [1.807, 2.05) is 19.1 Å². The number of fused-ring (bicyclic) bond motifs is 1. The second-order valence-corrected chi connectivity index (χ2v) is 5.23. The molecule has 2 rings (SSSR count). The molecule has 102 valence electrons. The Hall–Kier alpha value is -1.28. The average molecular weight is 277 g/mol. The molecule has 0 N–H and O–H groups in total. The maximum absolute atomic E-state index is 6.26. The van der Waals surface area contributed by atoms with Crippen LogP contribution in [0.2, 0.25) is 5.15 Å². The van der Waals surface area contributed by atoms with E-state index in [0.29, 0.717) is 5.15 Å². The van der Waals surface area contributed by atoms with Gasteiger partial charge >= 0.3 is 0 Å². The molecule has 0 bridgehead atoms. The minimum Gasteiger partial charge on any atom is -0.370 e. The number of rotatable bonds is 5. The van der Waals surface area contributed by atoms with E-state index in [1.165, 1.54) is 11.1 Å². The molecule has 19 heavy (non-hydrogen) atoms. The quantitative estimate of drug-likeness (QED) is 0.728. The molecule has 2 aromatic rings. The number of benzene rings is 1. The fourth-order valence-corrected chi connectivity index (χ4v) is 2.89. The Morgan fingerprint density at radius 3 is 2.21 bits per heavy atom. The van der Waals surface area contributed by atoms with Crippen LogP contribution in [0.15, 0.2) is 24.3 Å². The Morgan fingerprint density at radius 1 is 1.05 bits per heavy atom. The van der Waals surface area contributed by atoms with E-state index in [-0.39, 0.29) is 0 Å². The predicted octanol–water partition coefficient (Wildman–Crippen LogP) is 4.82. The summed E-state index contributed by atoms with van der Waals surface area (Å²) in [5.74, 6) is 0. The van der Waals surface area contributed by atoms with E-state index in [1.54, 1.807) is 0 Å². The molecule has 0 unspecified atom stereocenters. The highest BCUT2D eigenvalue weighted by atomic mass is 35.5. The maximum Gasteiger partial charge on any atom is 0.137 e. The van der Waals surface area contributed by atoms with Crippen molar-refractivity contribution in [3.8, 4) is 0 Å². The van der Waals surface area contributed by atoms with E-state index in [2.05, 4.69) is 35.9 Å². The van der Waals surface area contributed by atoms with Crippen LogP contribution >= 0.6 is 11.6 Å². The Labute approximate surface area is 120 Å². The van der Waals surface area contributed by atoms with Gasteiger partial charge in [0.2, 0.25) is 0 Å². The highest BCUT2D eigenvalue weighted by Gasteiger charge is 2.15. The van der Waals surface area contributed by atoms with Crippen LogP contribution in [-0.4, -0.2) is 18.1 Å².